The number of esters is 1. The third kappa shape index (κ3) is 8.09. The summed E-state index contributed by atoms with van der Waals surface area (Å²) in [6, 6.07) is 0.756. The maximum Gasteiger partial charge on any atom is 0.309 e. The maximum atomic E-state index is 11.2. The lowest BCUT2D eigenvalue weighted by Gasteiger charge is -2.11. The Hall–Kier alpha value is 0.747. The Bertz CT molecular complexity index is 185. The molecule has 0 heterocycles. The number of ether oxygens (including phenoxy) is 1. The topological polar surface area (TPSA) is 26.3 Å². The van der Waals surface area contributed by atoms with E-state index in [1.807, 2.05) is 13.5 Å². The van der Waals surface area contributed by atoms with Crippen LogP contribution in [0.1, 0.15) is 13.3 Å². The van der Waals surface area contributed by atoms with Gasteiger partial charge in [-0.1, -0.05) is 22.9 Å². The summed E-state index contributed by atoms with van der Waals surface area (Å²) >= 11 is 15.0. The van der Waals surface area contributed by atoms with Gasteiger partial charge in [0, 0.05) is 5.33 Å². The molecule has 14 heavy (non-hydrogen) atoms. The first-order valence-electron chi connectivity index (χ1n) is 4.47. The van der Waals surface area contributed by atoms with Gasteiger partial charge in [-0.2, -0.15) is 0 Å². The van der Waals surface area contributed by atoms with Gasteiger partial charge in [0.1, 0.15) is 0 Å². The van der Waals surface area contributed by atoms with E-state index in [4.69, 9.17) is 26.9 Å². The summed E-state index contributed by atoms with van der Waals surface area (Å²) in [5.74, 6) is -0.264. The van der Waals surface area contributed by atoms with Crippen molar-refractivity contribution in [1.29, 1.82) is 0 Å². The van der Waals surface area contributed by atoms with E-state index >= 15 is 0 Å². The highest BCUT2D eigenvalue weighted by molar-refractivity contribution is 9.09. The minimum absolute atomic E-state index is 0.0920. The van der Waals surface area contributed by atoms with E-state index in [-0.39, 0.29) is 11.9 Å². The minimum Gasteiger partial charge on any atom is -0.465 e. The lowest BCUT2D eigenvalue weighted by atomic mass is 10.2. The first kappa shape index (κ1) is 14.7. The van der Waals surface area contributed by atoms with Crippen LogP contribution in [0.3, 0.4) is 0 Å². The second kappa shape index (κ2) is 7.09. The van der Waals surface area contributed by atoms with Gasteiger partial charge in [-0.25, -0.2) is 0 Å². The summed E-state index contributed by atoms with van der Waals surface area (Å²) in [6.07, 6.45) is 0.746. The summed E-state index contributed by atoms with van der Waals surface area (Å²) < 4.78 is 5.03. The van der Waals surface area contributed by atoms with Gasteiger partial charge in [0.25, 0.3) is 0 Å². The summed E-state index contributed by atoms with van der Waals surface area (Å²) in [4.78, 5) is 11.2. The van der Waals surface area contributed by atoms with E-state index in [0.717, 1.165) is 12.5 Å². The molecule has 0 saturated carbocycles. The Morgan fingerprint density at radius 1 is 1.57 bits per heavy atom. The Labute approximate surface area is 104 Å². The van der Waals surface area contributed by atoms with E-state index in [1.165, 1.54) is 0 Å². The fraction of sp³-hybridized carbons (Fsp3) is 0.875. The van der Waals surface area contributed by atoms with E-state index < -0.39 is 6.69 Å². The molecule has 0 aromatic heterocycles. The molecule has 0 fully saturated rings. The number of carbonyl (C=O) groups is 1. The highest BCUT2D eigenvalue weighted by atomic mass is 79.9. The number of halogens is 3. The molecule has 0 bridgehead atoms. The maximum absolute atomic E-state index is 11.2. The lowest BCUT2D eigenvalue weighted by Crippen LogP contribution is -2.18. The van der Waals surface area contributed by atoms with Crippen LogP contribution in [-0.4, -0.2) is 24.6 Å². The van der Waals surface area contributed by atoms with Gasteiger partial charge >= 0.3 is 5.97 Å². The van der Waals surface area contributed by atoms with Crippen molar-refractivity contribution in [3.8, 4) is 0 Å². The molecule has 0 saturated heterocycles. The second-order valence-corrected chi connectivity index (χ2v) is 12.3. The second-order valence-electron chi connectivity index (χ2n) is 3.40. The third-order valence-electron chi connectivity index (χ3n) is 1.64. The van der Waals surface area contributed by atoms with Crippen molar-refractivity contribution >= 4 is 50.8 Å². The molecule has 2 nitrogen and oxygen atoms in total. The monoisotopic (exact) mass is 320 g/mol. The average Bonchev–Trinajstić information content (AvgIpc) is 2.09. The van der Waals surface area contributed by atoms with E-state index in [9.17, 15) is 4.79 Å². The number of alkyl halides is 1. The molecule has 0 spiro atoms. The van der Waals surface area contributed by atoms with E-state index in [0.29, 0.717) is 11.9 Å². The Morgan fingerprint density at radius 3 is 2.57 bits per heavy atom. The zero-order valence-corrected chi connectivity index (χ0v) is 12.5. The van der Waals surface area contributed by atoms with Crippen molar-refractivity contribution in [3.05, 3.63) is 0 Å². The van der Waals surface area contributed by atoms with E-state index in [2.05, 4.69) is 15.9 Å². The number of hydrogen-bond donors (Lipinski definition) is 0. The van der Waals surface area contributed by atoms with Crippen molar-refractivity contribution in [2.75, 3.05) is 11.9 Å². The van der Waals surface area contributed by atoms with Gasteiger partial charge in [-0.3, -0.25) is 4.79 Å². The fourth-order valence-electron chi connectivity index (χ4n) is 0.761. The molecular weight excluding hydrogens is 307 g/mol. The largest absolute Gasteiger partial charge is 0.465 e. The van der Waals surface area contributed by atoms with Crippen LogP contribution in [0.15, 0.2) is 0 Å². The van der Waals surface area contributed by atoms with Crippen LogP contribution in [-0.2, 0) is 9.53 Å². The van der Waals surface area contributed by atoms with Gasteiger partial charge in [0.2, 0.25) is 6.69 Å². The van der Waals surface area contributed by atoms with Gasteiger partial charge in [0.05, 0.1) is 12.5 Å². The summed E-state index contributed by atoms with van der Waals surface area (Å²) in [7, 11) is 0. The standard InChI is InChI=1S/C8H15BrCl2O2Si/c1-7(6-9)8(12)13-4-3-5-14(2,10)11/h7H,3-6H2,1-2H3. The summed E-state index contributed by atoms with van der Waals surface area (Å²) in [5, 5.41) is 0.628. The third-order valence-corrected chi connectivity index (χ3v) is 4.97. The molecular formula is C8H15BrCl2O2Si. The molecule has 0 aliphatic heterocycles. The van der Waals surface area contributed by atoms with Crippen LogP contribution in [0.5, 0.6) is 0 Å². The Morgan fingerprint density at radius 2 is 2.14 bits per heavy atom. The summed E-state index contributed by atoms with van der Waals surface area (Å²) in [5.41, 5.74) is 0. The van der Waals surface area contributed by atoms with Crippen molar-refractivity contribution in [2.45, 2.75) is 25.9 Å². The first-order valence-corrected chi connectivity index (χ1v) is 10.3. The fourth-order valence-corrected chi connectivity index (χ4v) is 2.59. The van der Waals surface area contributed by atoms with Crippen LogP contribution in [0.2, 0.25) is 12.6 Å². The van der Waals surface area contributed by atoms with Gasteiger partial charge < -0.3 is 4.74 Å². The smallest absolute Gasteiger partial charge is 0.309 e. The first-order chi connectivity index (χ1) is 6.37. The molecule has 0 amide bonds. The average molecular weight is 322 g/mol. The molecule has 0 aromatic carbocycles. The summed E-state index contributed by atoms with van der Waals surface area (Å²) in [6.45, 7) is 2.07. The molecule has 6 heteroatoms. The minimum atomic E-state index is -2.02. The quantitative estimate of drug-likeness (QED) is 0.246. The highest BCUT2D eigenvalue weighted by Crippen LogP contribution is 2.21. The van der Waals surface area contributed by atoms with Crippen molar-refractivity contribution in [3.63, 3.8) is 0 Å². The zero-order valence-electron chi connectivity index (χ0n) is 8.36. The van der Waals surface area contributed by atoms with Crippen LogP contribution < -0.4 is 0 Å². The van der Waals surface area contributed by atoms with Crippen LogP contribution in [0.25, 0.3) is 0 Å². The van der Waals surface area contributed by atoms with Crippen molar-refractivity contribution < 1.29 is 9.53 Å². The van der Waals surface area contributed by atoms with Crippen LogP contribution in [0.4, 0.5) is 0 Å². The predicted molar refractivity (Wildman–Crippen MR) is 66.7 cm³/mol. The predicted octanol–water partition coefficient (Wildman–Crippen LogP) is 3.50. The molecule has 0 rings (SSSR count). The molecule has 1 atom stereocenters. The van der Waals surface area contributed by atoms with Crippen LogP contribution in [0, 0.1) is 5.92 Å². The normalized spacial score (nSPS) is 13.8. The number of hydrogen-bond acceptors (Lipinski definition) is 2. The molecule has 0 radical (unpaired) electrons. The van der Waals surface area contributed by atoms with Gasteiger partial charge in [-0.15, -0.1) is 22.2 Å². The van der Waals surface area contributed by atoms with Gasteiger partial charge in [0.15, 0.2) is 0 Å². The molecule has 1 unspecified atom stereocenters. The lowest BCUT2D eigenvalue weighted by molar-refractivity contribution is -0.147. The molecule has 0 N–H and O–H groups in total. The van der Waals surface area contributed by atoms with Crippen molar-refractivity contribution in [1.82, 2.24) is 0 Å². The van der Waals surface area contributed by atoms with Crippen molar-refractivity contribution in [2.24, 2.45) is 5.92 Å². The van der Waals surface area contributed by atoms with E-state index in [1.54, 1.807) is 0 Å². The number of carbonyl (C=O) groups excluding carboxylic acids is 1. The Kier molecular flexibility index (Phi) is 7.47. The Balaban J connectivity index is 3.51. The SMILES string of the molecule is CC(CBr)C(=O)OCCC[Si](C)(Cl)Cl. The van der Waals surface area contributed by atoms with Gasteiger partial charge in [-0.05, 0) is 19.0 Å². The molecule has 0 aliphatic carbocycles. The molecule has 84 valence electrons. The highest BCUT2D eigenvalue weighted by Gasteiger charge is 2.20. The molecule has 0 aliphatic rings. The zero-order chi connectivity index (χ0) is 11.2. The van der Waals surface area contributed by atoms with Crippen LogP contribution >= 0.6 is 38.1 Å². The number of rotatable bonds is 6. The molecule has 0 aromatic rings.